The van der Waals surface area contributed by atoms with Gasteiger partial charge in [0.2, 0.25) is 0 Å². The van der Waals surface area contributed by atoms with Gasteiger partial charge in [-0.2, -0.15) is 5.11 Å². The van der Waals surface area contributed by atoms with Gasteiger partial charge in [0.25, 0.3) is 0 Å². The van der Waals surface area contributed by atoms with Crippen molar-refractivity contribution in [3.8, 4) is 0 Å². The number of nitrogens with zero attached hydrogens (tertiary/aromatic N) is 1. The van der Waals surface area contributed by atoms with Crippen molar-refractivity contribution in [1.82, 2.24) is 0 Å². The van der Waals surface area contributed by atoms with Gasteiger partial charge in [0.15, 0.2) is 0 Å². The molecule has 0 aromatic heterocycles. The van der Waals surface area contributed by atoms with Gasteiger partial charge in [-0.15, -0.1) is 0 Å². The minimum absolute atomic E-state index is 0.193. The van der Waals surface area contributed by atoms with E-state index in [-0.39, 0.29) is 6.54 Å². The number of carbonyl (C=O) groups is 1. The Bertz CT molecular complexity index is 255. The van der Waals surface area contributed by atoms with Crippen LogP contribution in [0.3, 0.4) is 0 Å². The Balaban J connectivity index is 4.76. The number of hydrogen-bond donors (Lipinski definition) is 3. The molecular weight excluding hydrogens is 222 g/mol. The van der Waals surface area contributed by atoms with E-state index in [0.717, 1.165) is 4.91 Å². The maximum atomic E-state index is 10.6. The third-order valence-corrected chi connectivity index (χ3v) is 3.50. The molecule has 14 heavy (non-hydrogen) atoms. The van der Waals surface area contributed by atoms with Crippen molar-refractivity contribution in [2.45, 2.75) is 13.0 Å². The zero-order valence-electron chi connectivity index (χ0n) is 7.98. The number of carboxylic acids is 1. The summed E-state index contributed by atoms with van der Waals surface area (Å²) >= 11 is 0. The number of hydrogen-bond acceptors (Lipinski definition) is 6. The van der Waals surface area contributed by atoms with Crippen LogP contribution in [0.15, 0.2) is 15.6 Å². The molecule has 7 heteroatoms. The average Bonchev–Trinajstić information content (AvgIpc) is 2.15. The molecule has 0 radical (unpaired) electrons. The van der Waals surface area contributed by atoms with E-state index in [1.54, 1.807) is 6.92 Å². The molecule has 0 aliphatic rings. The van der Waals surface area contributed by atoms with E-state index in [2.05, 4.69) is 5.11 Å². The van der Waals surface area contributed by atoms with Gasteiger partial charge in [-0.05, 0) is 18.8 Å². The Kier molecular flexibility index (Phi) is 6.60. The summed E-state index contributed by atoms with van der Waals surface area (Å²) < 4.78 is 0. The van der Waals surface area contributed by atoms with E-state index in [9.17, 15) is 4.79 Å². The first kappa shape index (κ1) is 13.5. The summed E-state index contributed by atoms with van der Waals surface area (Å²) in [5.74, 6) is -1.06. The third kappa shape index (κ3) is 4.12. The van der Waals surface area contributed by atoms with Crippen molar-refractivity contribution in [2.75, 3.05) is 12.8 Å². The number of carboxylic acid groups (broad SMARTS) is 1. The second-order valence-electron chi connectivity index (χ2n) is 2.49. The fraction of sp³-hybridized carbons (Fsp3) is 0.571. The fourth-order valence-corrected chi connectivity index (χ4v) is 2.48. The quantitative estimate of drug-likeness (QED) is 0.481. The smallest absolute Gasteiger partial charge is 0.324 e. The van der Waals surface area contributed by atoms with Gasteiger partial charge >= 0.3 is 5.97 Å². The second-order valence-corrected chi connectivity index (χ2v) is 4.98. The largest absolute Gasteiger partial charge is 0.480 e. The highest BCUT2D eigenvalue weighted by Crippen LogP contribution is 2.30. The number of aliphatic carboxylic acids is 1. The molecule has 0 aromatic carbocycles. The monoisotopic (exact) mass is 235 g/mol. The van der Waals surface area contributed by atoms with Crippen LogP contribution >= 0.6 is 21.6 Å². The first-order valence-corrected chi connectivity index (χ1v) is 6.32. The van der Waals surface area contributed by atoms with Crippen LogP contribution in [0.5, 0.6) is 0 Å². The highest BCUT2D eigenvalue weighted by atomic mass is 33.1. The van der Waals surface area contributed by atoms with Crippen LogP contribution in [-0.4, -0.2) is 29.9 Å². The average molecular weight is 235 g/mol. The minimum atomic E-state index is -1.06. The first-order valence-electron chi connectivity index (χ1n) is 3.76. The first-order chi connectivity index (χ1) is 6.54. The fourth-order valence-electron chi connectivity index (χ4n) is 0.748. The predicted molar refractivity (Wildman–Crippen MR) is 59.4 cm³/mol. The molecule has 0 amide bonds. The molecule has 1 atom stereocenters. The van der Waals surface area contributed by atoms with E-state index < -0.39 is 12.0 Å². The molecule has 0 unspecified atom stereocenters. The summed E-state index contributed by atoms with van der Waals surface area (Å²) in [5, 5.41) is 11.9. The lowest BCUT2D eigenvalue weighted by atomic mass is 10.1. The Morgan fingerprint density at radius 1 is 1.71 bits per heavy atom. The lowest BCUT2D eigenvalue weighted by Gasteiger charge is -2.11. The van der Waals surface area contributed by atoms with Gasteiger partial charge in [0, 0.05) is 4.91 Å². The summed E-state index contributed by atoms with van der Waals surface area (Å²) in [5.41, 5.74) is 12.7. The van der Waals surface area contributed by atoms with Crippen molar-refractivity contribution in [2.24, 2.45) is 10.8 Å². The lowest BCUT2D eigenvalue weighted by molar-refractivity contribution is -0.137. The maximum Gasteiger partial charge on any atom is 0.324 e. The Hall–Kier alpha value is -0.530. The molecular formula is C7H13N3O2S2. The Labute approximate surface area is 90.4 Å². The zero-order chi connectivity index (χ0) is 11.1. The molecule has 0 aromatic rings. The van der Waals surface area contributed by atoms with Crippen LogP contribution in [0.2, 0.25) is 0 Å². The van der Waals surface area contributed by atoms with Gasteiger partial charge < -0.3 is 10.8 Å². The van der Waals surface area contributed by atoms with Crippen molar-refractivity contribution in [3.05, 3.63) is 10.5 Å². The molecule has 0 bridgehead atoms. The molecule has 4 N–H and O–H groups in total. The number of nitrogens with two attached hydrogens (primary N) is 1. The zero-order valence-corrected chi connectivity index (χ0v) is 9.61. The normalized spacial score (nSPS) is 14.5. The molecule has 0 heterocycles. The van der Waals surface area contributed by atoms with Crippen LogP contribution in [0.25, 0.3) is 0 Å². The predicted octanol–water partition coefficient (Wildman–Crippen LogP) is 1.71. The Morgan fingerprint density at radius 2 is 2.29 bits per heavy atom. The van der Waals surface area contributed by atoms with Gasteiger partial charge in [0.1, 0.15) is 6.04 Å². The highest BCUT2D eigenvalue weighted by molar-refractivity contribution is 8.77. The molecule has 0 saturated heterocycles. The topological polar surface area (TPSA) is 99.5 Å². The van der Waals surface area contributed by atoms with Gasteiger partial charge in [-0.25, -0.2) is 5.53 Å². The van der Waals surface area contributed by atoms with Crippen LogP contribution in [-0.2, 0) is 4.79 Å². The Morgan fingerprint density at radius 3 is 2.64 bits per heavy atom. The summed E-state index contributed by atoms with van der Waals surface area (Å²) in [4.78, 5) is 11.3. The van der Waals surface area contributed by atoms with Crippen molar-refractivity contribution in [3.63, 3.8) is 0 Å². The molecule has 0 aliphatic heterocycles. The highest BCUT2D eigenvalue weighted by Gasteiger charge is 2.17. The molecule has 80 valence electrons. The van der Waals surface area contributed by atoms with Crippen LogP contribution in [0.4, 0.5) is 0 Å². The maximum absolute atomic E-state index is 10.6. The van der Waals surface area contributed by atoms with E-state index in [1.165, 1.54) is 21.6 Å². The molecule has 0 saturated carbocycles. The van der Waals surface area contributed by atoms with Gasteiger partial charge in [-0.1, -0.05) is 21.6 Å². The van der Waals surface area contributed by atoms with E-state index in [0.29, 0.717) is 5.57 Å². The van der Waals surface area contributed by atoms with E-state index in [1.807, 2.05) is 6.26 Å². The molecule has 0 aliphatic carbocycles. The summed E-state index contributed by atoms with van der Waals surface area (Å²) in [6.45, 7) is 1.85. The van der Waals surface area contributed by atoms with Gasteiger partial charge in [-0.3, -0.25) is 4.79 Å². The standard InChI is InChI=1S/C7H13N3O2S2/c1-4(6(8)7(11)12)5(3-10-9)14-13-2/h6,9H,3,8H2,1-2H3,(H,11,12)/b5-4-,10-9?/t6-/m0/s1. The molecule has 5 nitrogen and oxygen atoms in total. The molecule has 0 spiro atoms. The lowest BCUT2D eigenvalue weighted by Crippen LogP contribution is -2.32. The third-order valence-electron chi connectivity index (χ3n) is 1.58. The van der Waals surface area contributed by atoms with Crippen LogP contribution in [0.1, 0.15) is 6.92 Å². The number of rotatable bonds is 6. The second kappa shape index (κ2) is 6.86. The summed E-state index contributed by atoms with van der Waals surface area (Å²) in [6.07, 6.45) is 1.87. The van der Waals surface area contributed by atoms with Crippen molar-refractivity contribution in [1.29, 1.82) is 5.53 Å². The van der Waals surface area contributed by atoms with Crippen LogP contribution in [0, 0.1) is 5.53 Å². The van der Waals surface area contributed by atoms with Gasteiger partial charge in [0.05, 0.1) is 6.54 Å². The summed E-state index contributed by atoms with van der Waals surface area (Å²) in [6, 6.07) is -1.01. The SMILES string of the molecule is CSS/C(CN=N)=C(/C)[C@H](N)C(=O)O. The van der Waals surface area contributed by atoms with Crippen molar-refractivity contribution < 1.29 is 9.90 Å². The van der Waals surface area contributed by atoms with Crippen LogP contribution < -0.4 is 5.73 Å². The van der Waals surface area contributed by atoms with Crippen molar-refractivity contribution >= 4 is 27.6 Å². The molecule has 0 fully saturated rings. The van der Waals surface area contributed by atoms with E-state index >= 15 is 0 Å². The van der Waals surface area contributed by atoms with E-state index in [4.69, 9.17) is 16.4 Å². The molecule has 0 rings (SSSR count). The summed E-state index contributed by atoms with van der Waals surface area (Å²) in [7, 11) is 2.87. The minimum Gasteiger partial charge on any atom is -0.480 e. The number of nitrogens with one attached hydrogen (secondary N) is 1.